The first kappa shape index (κ1) is 22.1. The summed E-state index contributed by atoms with van der Waals surface area (Å²) in [5, 5.41) is 9.44. The number of carbonyl (C=O) groups excluding carboxylic acids is 1. The van der Waals surface area contributed by atoms with Crippen molar-refractivity contribution in [2.45, 2.75) is 44.8 Å². The summed E-state index contributed by atoms with van der Waals surface area (Å²) in [4.78, 5) is 24.9. The number of likely N-dealkylation sites (tertiary alicyclic amines) is 1. The molecule has 1 amide bonds. The Bertz CT molecular complexity index is 1020. The average Bonchev–Trinajstić information content (AvgIpc) is 2.68. The molecule has 2 N–H and O–H groups in total. The number of nitrogens with zero attached hydrogens (tertiary/aromatic N) is 5. The molecule has 0 bridgehead atoms. The molecular weight excluding hydrogens is 410 g/mol. The predicted octanol–water partition coefficient (Wildman–Crippen LogP) is 3.02. The fourth-order valence-electron chi connectivity index (χ4n) is 2.98. The fourth-order valence-corrected chi connectivity index (χ4v) is 2.98. The van der Waals surface area contributed by atoms with Gasteiger partial charge in [-0.25, -0.2) is 28.5 Å². The van der Waals surface area contributed by atoms with Crippen molar-refractivity contribution < 1.29 is 23.0 Å². The van der Waals surface area contributed by atoms with Gasteiger partial charge in [0.25, 0.3) is 0 Å². The fraction of sp³-hybridized carbons (Fsp3) is 0.450. The number of anilines is 1. The van der Waals surface area contributed by atoms with Crippen LogP contribution in [0, 0.1) is 11.3 Å². The number of nitriles is 1. The molecule has 1 unspecified atom stereocenters. The highest BCUT2D eigenvalue weighted by molar-refractivity contribution is 5.68. The van der Waals surface area contributed by atoms with E-state index in [0.29, 0.717) is 11.3 Å². The second-order valence-corrected chi connectivity index (χ2v) is 8.05. The van der Waals surface area contributed by atoms with Crippen LogP contribution in [0.4, 0.5) is 19.5 Å². The van der Waals surface area contributed by atoms with Gasteiger partial charge in [-0.05, 0) is 32.9 Å². The summed E-state index contributed by atoms with van der Waals surface area (Å²) in [6, 6.07) is 4.91. The van der Waals surface area contributed by atoms with E-state index in [1.54, 1.807) is 26.8 Å². The van der Waals surface area contributed by atoms with Crippen LogP contribution in [0.3, 0.4) is 0 Å². The summed E-state index contributed by atoms with van der Waals surface area (Å²) in [5.74, 6) is -3.53. The third kappa shape index (κ3) is 5.33. The second kappa shape index (κ2) is 8.29. The number of pyridine rings is 1. The quantitative estimate of drug-likeness (QED) is 0.784. The minimum Gasteiger partial charge on any atom is -0.467 e. The molecule has 0 radical (unpaired) electrons. The Morgan fingerprint density at radius 2 is 2.13 bits per heavy atom. The summed E-state index contributed by atoms with van der Waals surface area (Å²) in [5.41, 5.74) is 5.64. The molecule has 1 saturated heterocycles. The Labute approximate surface area is 177 Å². The van der Waals surface area contributed by atoms with Crippen LogP contribution < -0.4 is 10.5 Å². The van der Waals surface area contributed by atoms with Gasteiger partial charge in [-0.3, -0.25) is 0 Å². The number of nitrogen functional groups attached to an aromatic ring is 1. The third-order valence-electron chi connectivity index (χ3n) is 4.38. The number of alkyl halides is 2. The molecule has 1 aliphatic heterocycles. The van der Waals surface area contributed by atoms with Gasteiger partial charge >= 0.3 is 12.0 Å². The zero-order chi connectivity index (χ0) is 22.8. The first-order chi connectivity index (χ1) is 14.5. The number of amides is 1. The summed E-state index contributed by atoms with van der Waals surface area (Å²) in [6.45, 7) is 4.15. The van der Waals surface area contributed by atoms with E-state index in [0.717, 1.165) is 4.90 Å². The Morgan fingerprint density at radius 3 is 2.74 bits per heavy atom. The number of halogens is 2. The number of hydrogen-bond acceptors (Lipinski definition) is 8. The molecule has 2 aromatic heterocycles. The number of rotatable bonds is 3. The molecule has 31 heavy (non-hydrogen) atoms. The van der Waals surface area contributed by atoms with Crippen molar-refractivity contribution >= 4 is 12.0 Å². The average molecular weight is 432 g/mol. The van der Waals surface area contributed by atoms with E-state index >= 15 is 0 Å². The Balaban J connectivity index is 1.75. The molecular formula is C20H22F2N6O3. The Kier molecular flexibility index (Phi) is 5.92. The number of ether oxygens (including phenoxy) is 2. The molecule has 2 aromatic rings. The number of hydrogen-bond donors (Lipinski definition) is 1. The molecule has 1 atom stereocenters. The largest absolute Gasteiger partial charge is 0.467 e. The van der Waals surface area contributed by atoms with Crippen LogP contribution in [0.25, 0.3) is 11.3 Å². The van der Waals surface area contributed by atoms with Crippen LogP contribution in [0.1, 0.15) is 32.8 Å². The van der Waals surface area contributed by atoms with Crippen molar-refractivity contribution in [1.82, 2.24) is 19.9 Å². The summed E-state index contributed by atoms with van der Waals surface area (Å²) < 4.78 is 40.0. The van der Waals surface area contributed by atoms with Crippen LogP contribution in [-0.2, 0) is 4.74 Å². The van der Waals surface area contributed by atoms with Crippen molar-refractivity contribution in [1.29, 1.82) is 5.26 Å². The zero-order valence-electron chi connectivity index (χ0n) is 17.3. The van der Waals surface area contributed by atoms with E-state index in [2.05, 4.69) is 15.0 Å². The summed E-state index contributed by atoms with van der Waals surface area (Å²) >= 11 is 0. The van der Waals surface area contributed by atoms with Gasteiger partial charge in [0.1, 0.15) is 17.2 Å². The second-order valence-electron chi connectivity index (χ2n) is 8.05. The highest BCUT2D eigenvalue weighted by Crippen LogP contribution is 2.33. The Hall–Kier alpha value is -3.55. The zero-order valence-corrected chi connectivity index (χ0v) is 17.3. The number of carbonyl (C=O) groups is 1. The van der Waals surface area contributed by atoms with E-state index in [1.165, 1.54) is 18.5 Å². The van der Waals surface area contributed by atoms with E-state index in [9.17, 15) is 18.8 Å². The smallest absolute Gasteiger partial charge is 0.410 e. The van der Waals surface area contributed by atoms with Crippen LogP contribution >= 0.6 is 0 Å². The first-order valence-corrected chi connectivity index (χ1v) is 9.50. The molecule has 3 heterocycles. The maximum atomic E-state index is 14.7. The van der Waals surface area contributed by atoms with E-state index in [1.807, 2.05) is 6.07 Å². The van der Waals surface area contributed by atoms with Gasteiger partial charge in [0, 0.05) is 30.9 Å². The van der Waals surface area contributed by atoms with Crippen LogP contribution in [0.15, 0.2) is 24.5 Å². The van der Waals surface area contributed by atoms with Crippen LogP contribution in [-0.4, -0.2) is 56.7 Å². The minimum absolute atomic E-state index is 0.0232. The van der Waals surface area contributed by atoms with Gasteiger partial charge < -0.3 is 20.1 Å². The molecule has 11 heteroatoms. The van der Waals surface area contributed by atoms with Gasteiger partial charge in [-0.1, -0.05) is 0 Å². The van der Waals surface area contributed by atoms with Crippen molar-refractivity contribution in [3.8, 4) is 23.2 Å². The van der Waals surface area contributed by atoms with Crippen molar-refractivity contribution in [3.05, 3.63) is 30.1 Å². The SMILES string of the molecule is CC(C)(C)OC(=O)N1CCC(Oc2ncc(-c3ccnc(N)n3)cc2C#N)C(F)(F)C1. The number of nitrogens with two attached hydrogens (primary N) is 1. The highest BCUT2D eigenvalue weighted by atomic mass is 19.3. The standard InChI is InChI=1S/C20H22F2N6O3/c1-19(2,3)31-18(29)28-7-5-15(20(21,22)11-28)30-16-12(9-23)8-13(10-26-16)14-4-6-25-17(24)27-14/h4,6,8,10,15H,5,7,11H2,1-3H3,(H2,24,25,27). The lowest BCUT2D eigenvalue weighted by Crippen LogP contribution is -2.56. The van der Waals surface area contributed by atoms with Gasteiger partial charge in [0.2, 0.25) is 11.8 Å². The third-order valence-corrected chi connectivity index (χ3v) is 4.38. The van der Waals surface area contributed by atoms with E-state index in [-0.39, 0.29) is 30.4 Å². The molecule has 0 saturated carbocycles. The van der Waals surface area contributed by atoms with Gasteiger partial charge in [-0.2, -0.15) is 5.26 Å². The molecule has 1 aliphatic rings. The van der Waals surface area contributed by atoms with Crippen LogP contribution in [0.2, 0.25) is 0 Å². The predicted molar refractivity (Wildman–Crippen MR) is 106 cm³/mol. The normalized spacial score (nSPS) is 18.2. The lowest BCUT2D eigenvalue weighted by atomic mass is 10.0. The van der Waals surface area contributed by atoms with Gasteiger partial charge in [0.15, 0.2) is 6.10 Å². The molecule has 1 fully saturated rings. The van der Waals surface area contributed by atoms with Gasteiger partial charge in [-0.15, -0.1) is 0 Å². The maximum Gasteiger partial charge on any atom is 0.410 e. The molecule has 0 aliphatic carbocycles. The first-order valence-electron chi connectivity index (χ1n) is 9.50. The molecule has 0 aromatic carbocycles. The summed E-state index contributed by atoms with van der Waals surface area (Å²) in [6.07, 6.45) is 0.295. The minimum atomic E-state index is -3.36. The summed E-state index contributed by atoms with van der Waals surface area (Å²) in [7, 11) is 0. The molecule has 0 spiro atoms. The van der Waals surface area contributed by atoms with Gasteiger partial charge in [0.05, 0.1) is 12.2 Å². The van der Waals surface area contributed by atoms with E-state index in [4.69, 9.17) is 15.2 Å². The number of aromatic nitrogens is 3. The lowest BCUT2D eigenvalue weighted by molar-refractivity contribution is -0.138. The highest BCUT2D eigenvalue weighted by Gasteiger charge is 2.48. The number of piperidine rings is 1. The van der Waals surface area contributed by atoms with Crippen LogP contribution in [0.5, 0.6) is 5.88 Å². The molecule has 9 nitrogen and oxygen atoms in total. The monoisotopic (exact) mass is 432 g/mol. The lowest BCUT2D eigenvalue weighted by Gasteiger charge is -2.38. The maximum absolute atomic E-state index is 14.7. The molecule has 164 valence electrons. The van der Waals surface area contributed by atoms with Crippen molar-refractivity contribution in [2.24, 2.45) is 0 Å². The van der Waals surface area contributed by atoms with Crippen molar-refractivity contribution in [3.63, 3.8) is 0 Å². The van der Waals surface area contributed by atoms with Crippen molar-refractivity contribution in [2.75, 3.05) is 18.8 Å². The Morgan fingerprint density at radius 1 is 1.39 bits per heavy atom. The topological polar surface area (TPSA) is 127 Å². The molecule has 3 rings (SSSR count). The van der Waals surface area contributed by atoms with E-state index < -0.39 is 30.3 Å².